The summed E-state index contributed by atoms with van der Waals surface area (Å²) in [6.45, 7) is 4.80. The molecule has 5 nitrogen and oxygen atoms in total. The Balaban J connectivity index is 1.43. The van der Waals surface area contributed by atoms with Crippen molar-refractivity contribution in [3.8, 4) is 0 Å². The van der Waals surface area contributed by atoms with Crippen LogP contribution in [-0.4, -0.2) is 47.3 Å². The Kier molecular flexibility index (Phi) is 6.78. The number of unbranched alkanes of at least 4 members (excludes halogenated alkanes) is 2. The second kappa shape index (κ2) is 9.52. The van der Waals surface area contributed by atoms with Crippen molar-refractivity contribution in [2.75, 3.05) is 24.6 Å². The van der Waals surface area contributed by atoms with Crippen LogP contribution in [0.15, 0.2) is 23.1 Å². The molecule has 7 heteroatoms. The fraction of sp³-hybridized carbons (Fsp3) is 0.522. The number of hydrogen-bond acceptors (Lipinski definition) is 6. The summed E-state index contributed by atoms with van der Waals surface area (Å²) in [5.41, 5.74) is 3.90. The lowest BCUT2D eigenvalue weighted by atomic mass is 9.96. The standard InChI is InChI=1S/C23H28N2O3S2/c1-2-24-19-8-6-7-17(19)18-13-16(9-10-20(18)24)14-21-22(27)25(23(29)30-21)11-4-3-5-12-28-15-26/h9-10,13-15,17,19H,2-8,11-12H2,1H3/b21-14+. The third kappa shape index (κ3) is 4.14. The summed E-state index contributed by atoms with van der Waals surface area (Å²) in [5.74, 6) is 0.634. The van der Waals surface area contributed by atoms with Gasteiger partial charge in [0, 0.05) is 30.7 Å². The van der Waals surface area contributed by atoms with Crippen molar-refractivity contribution in [3.05, 3.63) is 34.2 Å². The van der Waals surface area contributed by atoms with Crippen LogP contribution in [0.3, 0.4) is 0 Å². The summed E-state index contributed by atoms with van der Waals surface area (Å²) in [6.07, 6.45) is 8.38. The van der Waals surface area contributed by atoms with E-state index < -0.39 is 0 Å². The molecule has 1 aliphatic carbocycles. The highest BCUT2D eigenvalue weighted by Gasteiger charge is 2.40. The minimum absolute atomic E-state index is 0.00330. The Labute approximate surface area is 187 Å². The highest BCUT2D eigenvalue weighted by Crippen LogP contribution is 2.49. The summed E-state index contributed by atoms with van der Waals surface area (Å²) in [5, 5.41) is 0. The van der Waals surface area contributed by atoms with Crippen LogP contribution >= 0.6 is 24.0 Å². The lowest BCUT2D eigenvalue weighted by Gasteiger charge is -2.25. The average Bonchev–Trinajstić information content (AvgIpc) is 3.39. The molecule has 2 unspecified atom stereocenters. The van der Waals surface area contributed by atoms with Crippen LogP contribution in [0.4, 0.5) is 5.69 Å². The quantitative estimate of drug-likeness (QED) is 0.238. The molecule has 0 spiro atoms. The van der Waals surface area contributed by atoms with Gasteiger partial charge in [0.2, 0.25) is 0 Å². The number of carbonyl (C=O) groups is 2. The van der Waals surface area contributed by atoms with E-state index in [1.165, 1.54) is 42.3 Å². The number of anilines is 1. The van der Waals surface area contributed by atoms with Gasteiger partial charge in [-0.05, 0) is 68.4 Å². The molecule has 4 rings (SSSR count). The topological polar surface area (TPSA) is 49.9 Å². The van der Waals surface area contributed by atoms with Gasteiger partial charge < -0.3 is 9.64 Å². The Hall–Kier alpha value is -1.86. The van der Waals surface area contributed by atoms with Crippen molar-refractivity contribution in [2.45, 2.75) is 57.4 Å². The van der Waals surface area contributed by atoms with E-state index in [4.69, 9.17) is 17.0 Å². The van der Waals surface area contributed by atoms with Gasteiger partial charge in [-0.3, -0.25) is 14.5 Å². The van der Waals surface area contributed by atoms with Crippen LogP contribution in [-0.2, 0) is 14.3 Å². The Morgan fingerprint density at radius 2 is 2.13 bits per heavy atom. The maximum absolute atomic E-state index is 12.9. The molecule has 0 aromatic heterocycles. The van der Waals surface area contributed by atoms with Crippen LogP contribution in [0, 0.1) is 0 Å². The highest BCUT2D eigenvalue weighted by molar-refractivity contribution is 8.26. The number of nitrogens with zero attached hydrogens (tertiary/aromatic N) is 2. The predicted octanol–water partition coefficient (Wildman–Crippen LogP) is 4.71. The largest absolute Gasteiger partial charge is 0.468 e. The van der Waals surface area contributed by atoms with Crippen molar-refractivity contribution in [3.63, 3.8) is 0 Å². The normalized spacial score (nSPS) is 24.0. The Morgan fingerprint density at radius 3 is 2.93 bits per heavy atom. The van der Waals surface area contributed by atoms with Gasteiger partial charge in [-0.25, -0.2) is 0 Å². The summed E-state index contributed by atoms with van der Waals surface area (Å²) < 4.78 is 5.33. The first-order chi connectivity index (χ1) is 14.6. The first kappa shape index (κ1) is 21.4. The van der Waals surface area contributed by atoms with E-state index in [2.05, 4.69) is 30.0 Å². The molecule has 160 valence electrons. The number of hydrogen-bond donors (Lipinski definition) is 0. The van der Waals surface area contributed by atoms with Gasteiger partial charge in [0.15, 0.2) is 0 Å². The molecule has 1 amide bonds. The van der Waals surface area contributed by atoms with Gasteiger partial charge in [0.05, 0.1) is 11.5 Å². The summed E-state index contributed by atoms with van der Waals surface area (Å²) in [6, 6.07) is 7.29. The van der Waals surface area contributed by atoms with E-state index in [-0.39, 0.29) is 5.91 Å². The number of rotatable bonds is 9. The van der Waals surface area contributed by atoms with E-state index in [1.807, 2.05) is 6.08 Å². The predicted molar refractivity (Wildman–Crippen MR) is 126 cm³/mol. The minimum Gasteiger partial charge on any atom is -0.468 e. The molecule has 0 N–H and O–H groups in total. The molecule has 1 aromatic carbocycles. The third-order valence-corrected chi connectivity index (χ3v) is 7.74. The molecular weight excluding hydrogens is 416 g/mol. The average molecular weight is 445 g/mol. The zero-order chi connectivity index (χ0) is 21.1. The lowest BCUT2D eigenvalue weighted by molar-refractivity contribution is -0.128. The molecule has 3 aliphatic rings. The zero-order valence-electron chi connectivity index (χ0n) is 17.3. The fourth-order valence-corrected chi connectivity index (χ4v) is 6.31. The third-order valence-electron chi connectivity index (χ3n) is 6.36. The van der Waals surface area contributed by atoms with Gasteiger partial charge in [0.25, 0.3) is 12.4 Å². The van der Waals surface area contributed by atoms with Crippen molar-refractivity contribution in [1.82, 2.24) is 4.90 Å². The van der Waals surface area contributed by atoms with Crippen molar-refractivity contribution >= 4 is 52.4 Å². The van der Waals surface area contributed by atoms with Crippen LogP contribution in [0.25, 0.3) is 6.08 Å². The molecule has 1 saturated carbocycles. The van der Waals surface area contributed by atoms with Gasteiger partial charge in [-0.2, -0.15) is 0 Å². The second-order valence-electron chi connectivity index (χ2n) is 8.07. The number of ether oxygens (including phenoxy) is 1. The second-order valence-corrected chi connectivity index (χ2v) is 9.75. The first-order valence-corrected chi connectivity index (χ1v) is 12.1. The molecule has 2 aliphatic heterocycles. The molecule has 2 heterocycles. The van der Waals surface area contributed by atoms with E-state index in [1.54, 1.807) is 4.90 Å². The molecule has 2 fully saturated rings. The Morgan fingerprint density at radius 1 is 1.27 bits per heavy atom. The zero-order valence-corrected chi connectivity index (χ0v) is 19.0. The summed E-state index contributed by atoms with van der Waals surface area (Å²) in [4.78, 5) is 28.0. The SMILES string of the molecule is CCN1c2ccc(/C=C3/SC(=S)N(CCCCCOC=O)C3=O)cc2C2CCCC21. The Bertz CT molecular complexity index is 870. The number of carbonyl (C=O) groups excluding carboxylic acids is 2. The van der Waals surface area contributed by atoms with Crippen LogP contribution in [0.2, 0.25) is 0 Å². The summed E-state index contributed by atoms with van der Waals surface area (Å²) >= 11 is 6.85. The van der Waals surface area contributed by atoms with E-state index in [0.29, 0.717) is 40.8 Å². The smallest absolute Gasteiger partial charge is 0.293 e. The van der Waals surface area contributed by atoms with Gasteiger partial charge >= 0.3 is 0 Å². The number of thioether (sulfide) groups is 1. The molecule has 0 radical (unpaired) electrons. The molecule has 2 atom stereocenters. The maximum atomic E-state index is 12.9. The molecule has 1 saturated heterocycles. The fourth-order valence-electron chi connectivity index (χ4n) is 5.01. The first-order valence-electron chi connectivity index (χ1n) is 10.8. The number of likely N-dealkylation sites (N-methyl/N-ethyl adjacent to an activating group) is 1. The molecule has 0 bridgehead atoms. The van der Waals surface area contributed by atoms with Gasteiger partial charge in [0.1, 0.15) is 4.32 Å². The minimum atomic E-state index is 0.00330. The van der Waals surface area contributed by atoms with Crippen molar-refractivity contribution in [1.29, 1.82) is 0 Å². The molecular formula is C23H28N2O3S2. The van der Waals surface area contributed by atoms with Crippen molar-refractivity contribution in [2.24, 2.45) is 0 Å². The van der Waals surface area contributed by atoms with Gasteiger partial charge in [-0.1, -0.05) is 36.5 Å². The van der Waals surface area contributed by atoms with Gasteiger partial charge in [-0.15, -0.1) is 0 Å². The number of thiocarbonyl (C=S) groups is 1. The lowest BCUT2D eigenvalue weighted by Crippen LogP contribution is -2.30. The number of fused-ring (bicyclic) bond motifs is 3. The monoisotopic (exact) mass is 444 g/mol. The molecule has 1 aromatic rings. The van der Waals surface area contributed by atoms with Crippen LogP contribution in [0.5, 0.6) is 0 Å². The van der Waals surface area contributed by atoms with E-state index in [9.17, 15) is 9.59 Å². The maximum Gasteiger partial charge on any atom is 0.293 e. The summed E-state index contributed by atoms with van der Waals surface area (Å²) in [7, 11) is 0. The van der Waals surface area contributed by atoms with Crippen molar-refractivity contribution < 1.29 is 14.3 Å². The highest BCUT2D eigenvalue weighted by atomic mass is 32.2. The van der Waals surface area contributed by atoms with E-state index >= 15 is 0 Å². The molecule has 30 heavy (non-hydrogen) atoms. The number of benzene rings is 1. The van der Waals surface area contributed by atoms with Crippen LogP contribution in [0.1, 0.15) is 62.5 Å². The van der Waals surface area contributed by atoms with Crippen LogP contribution < -0.4 is 4.90 Å². The van der Waals surface area contributed by atoms with E-state index in [0.717, 1.165) is 31.4 Å². The number of amides is 1.